The van der Waals surface area contributed by atoms with Crippen LogP contribution in [0.1, 0.15) is 47.8 Å². The highest BCUT2D eigenvalue weighted by Gasteiger charge is 2.40. The van der Waals surface area contributed by atoms with Crippen LogP contribution >= 0.6 is 0 Å². The van der Waals surface area contributed by atoms with Crippen LogP contribution in [0.5, 0.6) is 11.5 Å². The number of para-hydroxylation sites is 1. The van der Waals surface area contributed by atoms with Crippen LogP contribution in [0.25, 0.3) is 22.2 Å². The molecular formula is C29H30N2O3. The minimum absolute atomic E-state index is 0.0927. The van der Waals surface area contributed by atoms with Gasteiger partial charge >= 0.3 is 0 Å². The molecule has 1 N–H and O–H groups in total. The van der Waals surface area contributed by atoms with Gasteiger partial charge in [-0.15, -0.1) is 0 Å². The molecule has 34 heavy (non-hydrogen) atoms. The van der Waals surface area contributed by atoms with Crippen molar-refractivity contribution in [1.29, 1.82) is 0 Å². The Bertz CT molecular complexity index is 1350. The lowest BCUT2D eigenvalue weighted by molar-refractivity contribution is 0.0743. The fourth-order valence-electron chi connectivity index (χ4n) is 4.98. The number of fused-ring (bicyclic) bond motifs is 2. The van der Waals surface area contributed by atoms with E-state index in [2.05, 4.69) is 37.0 Å². The number of carbonyl (C=O) groups is 1. The Labute approximate surface area is 200 Å². The van der Waals surface area contributed by atoms with E-state index in [1.807, 2.05) is 53.4 Å². The van der Waals surface area contributed by atoms with Crippen molar-refractivity contribution in [2.75, 3.05) is 20.8 Å². The Hall–Kier alpha value is -3.73. The van der Waals surface area contributed by atoms with Crippen molar-refractivity contribution in [2.45, 2.75) is 26.3 Å². The van der Waals surface area contributed by atoms with Crippen molar-refractivity contribution in [1.82, 2.24) is 9.88 Å². The van der Waals surface area contributed by atoms with E-state index in [-0.39, 0.29) is 11.9 Å². The summed E-state index contributed by atoms with van der Waals surface area (Å²) in [6.45, 7) is 5.09. The molecule has 1 aromatic heterocycles. The summed E-state index contributed by atoms with van der Waals surface area (Å²) in [4.78, 5) is 19.3. The number of methoxy groups -OCH3 is 2. The van der Waals surface area contributed by atoms with Crippen molar-refractivity contribution in [3.63, 3.8) is 0 Å². The Morgan fingerprint density at radius 3 is 2.47 bits per heavy atom. The predicted molar refractivity (Wildman–Crippen MR) is 136 cm³/mol. The molecule has 5 heteroatoms. The minimum Gasteiger partial charge on any atom is -0.497 e. The molecule has 0 saturated heterocycles. The molecule has 2 heterocycles. The van der Waals surface area contributed by atoms with E-state index in [0.29, 0.717) is 12.5 Å². The summed E-state index contributed by atoms with van der Waals surface area (Å²) < 4.78 is 11.3. The van der Waals surface area contributed by atoms with Crippen molar-refractivity contribution >= 4 is 16.8 Å². The Balaban J connectivity index is 1.79. The smallest absolute Gasteiger partial charge is 0.255 e. The maximum Gasteiger partial charge on any atom is 0.255 e. The molecule has 174 valence electrons. The first-order valence-corrected chi connectivity index (χ1v) is 11.8. The van der Waals surface area contributed by atoms with Crippen molar-refractivity contribution < 1.29 is 14.3 Å². The molecule has 4 aromatic rings. The standard InChI is InChI=1S/C29H30N2O3/c1-18(2)15-16-31-28(20-9-5-6-10-21(20)29(31)32)26-22-11-7-8-12-24(22)30-27(26)23-17-19(33-3)13-14-25(23)34-4/h5-14,17-18,28,30H,15-16H2,1-4H3/t28-/m0/s1. The third-order valence-electron chi connectivity index (χ3n) is 6.70. The molecule has 0 aliphatic carbocycles. The van der Waals surface area contributed by atoms with Gasteiger partial charge in [0.05, 0.1) is 26.0 Å². The number of benzene rings is 3. The number of nitrogens with one attached hydrogen (secondary N) is 1. The summed E-state index contributed by atoms with van der Waals surface area (Å²) in [6, 6.07) is 21.9. The number of ether oxygens (including phenoxy) is 2. The van der Waals surface area contributed by atoms with Crippen LogP contribution in [-0.2, 0) is 0 Å². The Morgan fingerprint density at radius 1 is 0.941 bits per heavy atom. The summed E-state index contributed by atoms with van der Waals surface area (Å²) in [6.07, 6.45) is 0.941. The SMILES string of the molecule is COc1ccc(OC)c(-c2[nH]c3ccccc3c2[C@@H]2c3ccccc3C(=O)N2CCC(C)C)c1. The number of aromatic nitrogens is 1. The van der Waals surface area contributed by atoms with E-state index in [1.54, 1.807) is 14.2 Å². The second kappa shape index (κ2) is 8.90. The molecule has 0 saturated carbocycles. The number of aromatic amines is 1. The summed E-state index contributed by atoms with van der Waals surface area (Å²) in [5.41, 5.74) is 5.80. The highest BCUT2D eigenvalue weighted by molar-refractivity contribution is 6.02. The van der Waals surface area contributed by atoms with E-state index >= 15 is 0 Å². The molecule has 1 amide bonds. The van der Waals surface area contributed by atoms with E-state index in [9.17, 15) is 4.79 Å². The van der Waals surface area contributed by atoms with Crippen molar-refractivity contribution in [3.05, 3.63) is 83.4 Å². The van der Waals surface area contributed by atoms with E-state index in [4.69, 9.17) is 9.47 Å². The molecule has 0 unspecified atom stereocenters. The summed E-state index contributed by atoms with van der Waals surface area (Å²) >= 11 is 0. The lowest BCUT2D eigenvalue weighted by atomic mass is 9.92. The Morgan fingerprint density at radius 2 is 1.71 bits per heavy atom. The van der Waals surface area contributed by atoms with Gasteiger partial charge in [0.25, 0.3) is 5.91 Å². The van der Waals surface area contributed by atoms with Gasteiger partial charge in [-0.05, 0) is 48.2 Å². The van der Waals surface area contributed by atoms with Gasteiger partial charge in [0.2, 0.25) is 0 Å². The second-order valence-electron chi connectivity index (χ2n) is 9.20. The summed E-state index contributed by atoms with van der Waals surface area (Å²) in [7, 11) is 3.34. The number of nitrogens with zero attached hydrogens (tertiary/aromatic N) is 1. The fourth-order valence-corrected chi connectivity index (χ4v) is 4.98. The predicted octanol–water partition coefficient (Wildman–Crippen LogP) is 6.44. The van der Waals surface area contributed by atoms with Gasteiger partial charge in [0.15, 0.2) is 0 Å². The first-order valence-electron chi connectivity index (χ1n) is 11.8. The number of amides is 1. The molecule has 1 aliphatic heterocycles. The van der Waals surface area contributed by atoms with Gasteiger partial charge in [-0.3, -0.25) is 4.79 Å². The lowest BCUT2D eigenvalue weighted by Gasteiger charge is -2.27. The van der Waals surface area contributed by atoms with Gasteiger partial charge < -0.3 is 19.4 Å². The molecule has 3 aromatic carbocycles. The zero-order valence-electron chi connectivity index (χ0n) is 20.1. The van der Waals surface area contributed by atoms with E-state index < -0.39 is 0 Å². The molecule has 1 atom stereocenters. The zero-order chi connectivity index (χ0) is 23.8. The second-order valence-corrected chi connectivity index (χ2v) is 9.20. The quantitative estimate of drug-likeness (QED) is 0.349. The van der Waals surface area contributed by atoms with Gasteiger partial charge in [0.1, 0.15) is 11.5 Å². The van der Waals surface area contributed by atoms with Crippen LogP contribution < -0.4 is 9.47 Å². The van der Waals surface area contributed by atoms with Gasteiger partial charge in [-0.2, -0.15) is 0 Å². The topological polar surface area (TPSA) is 54.6 Å². The molecule has 1 aliphatic rings. The van der Waals surface area contributed by atoms with Gasteiger partial charge in [0, 0.05) is 34.1 Å². The van der Waals surface area contributed by atoms with Crippen LogP contribution in [0, 0.1) is 5.92 Å². The molecule has 0 bridgehead atoms. The first kappa shape index (κ1) is 22.1. The van der Waals surface area contributed by atoms with Gasteiger partial charge in [-0.1, -0.05) is 50.2 Å². The maximum atomic E-state index is 13.6. The van der Waals surface area contributed by atoms with Crippen LogP contribution in [-0.4, -0.2) is 36.6 Å². The monoisotopic (exact) mass is 454 g/mol. The van der Waals surface area contributed by atoms with Gasteiger partial charge in [-0.25, -0.2) is 0 Å². The average Bonchev–Trinajstić information content (AvgIpc) is 3.37. The third kappa shape index (κ3) is 3.61. The Kier molecular flexibility index (Phi) is 5.78. The number of rotatable bonds is 7. The molecule has 5 rings (SSSR count). The number of H-pyrrole nitrogens is 1. The molecular weight excluding hydrogens is 424 g/mol. The largest absolute Gasteiger partial charge is 0.497 e. The van der Waals surface area contributed by atoms with Crippen LogP contribution in [0.3, 0.4) is 0 Å². The zero-order valence-corrected chi connectivity index (χ0v) is 20.1. The number of hydrogen-bond donors (Lipinski definition) is 1. The maximum absolute atomic E-state index is 13.6. The lowest BCUT2D eigenvalue weighted by Crippen LogP contribution is -2.30. The van der Waals surface area contributed by atoms with E-state index in [1.165, 1.54) is 0 Å². The molecule has 0 spiro atoms. The highest BCUT2D eigenvalue weighted by atomic mass is 16.5. The number of carbonyl (C=O) groups excluding carboxylic acids is 1. The highest BCUT2D eigenvalue weighted by Crippen LogP contribution is 2.47. The van der Waals surface area contributed by atoms with Crippen molar-refractivity contribution in [2.24, 2.45) is 5.92 Å². The normalized spacial score (nSPS) is 15.3. The molecule has 5 nitrogen and oxygen atoms in total. The summed E-state index contributed by atoms with van der Waals surface area (Å²) in [5, 5.41) is 1.10. The average molecular weight is 455 g/mol. The molecule has 0 fully saturated rings. The van der Waals surface area contributed by atoms with Crippen LogP contribution in [0.2, 0.25) is 0 Å². The fraction of sp³-hybridized carbons (Fsp3) is 0.276. The number of hydrogen-bond acceptors (Lipinski definition) is 3. The minimum atomic E-state index is -0.190. The summed E-state index contributed by atoms with van der Waals surface area (Å²) in [5.74, 6) is 2.09. The van der Waals surface area contributed by atoms with Crippen molar-refractivity contribution in [3.8, 4) is 22.8 Å². The van der Waals surface area contributed by atoms with Crippen LogP contribution in [0.15, 0.2) is 66.7 Å². The molecule has 0 radical (unpaired) electrons. The third-order valence-corrected chi connectivity index (χ3v) is 6.70. The van der Waals surface area contributed by atoms with Crippen LogP contribution in [0.4, 0.5) is 0 Å². The van der Waals surface area contributed by atoms with E-state index in [0.717, 1.165) is 56.8 Å². The first-order chi connectivity index (χ1) is 16.5.